The standard InChI is InChI=1S/C29H54/c1-3-5-7-25-10-14-27(15-11-25)17-19-29-22-20-28(21-23-29)18-16-26-12-8-24(6-4-2)9-13-26/h24-29H,3-23H2,1-2H3. The topological polar surface area (TPSA) is 0 Å². The summed E-state index contributed by atoms with van der Waals surface area (Å²) in [5.74, 6) is 6.53. The zero-order chi connectivity index (χ0) is 20.3. The van der Waals surface area contributed by atoms with Crippen molar-refractivity contribution in [2.45, 2.75) is 149 Å². The molecule has 0 unspecified atom stereocenters. The van der Waals surface area contributed by atoms with Crippen molar-refractivity contribution >= 4 is 0 Å². The Balaban J connectivity index is 1.20. The second-order valence-corrected chi connectivity index (χ2v) is 11.7. The van der Waals surface area contributed by atoms with E-state index in [0.29, 0.717) is 0 Å². The predicted octanol–water partition coefficient (Wildman–Crippen LogP) is 9.96. The van der Waals surface area contributed by atoms with Gasteiger partial charge in [-0.05, 0) is 35.5 Å². The highest BCUT2D eigenvalue weighted by molar-refractivity contribution is 4.78. The normalized spacial score (nSPS) is 36.2. The van der Waals surface area contributed by atoms with Crippen molar-refractivity contribution < 1.29 is 0 Å². The van der Waals surface area contributed by atoms with Gasteiger partial charge in [-0.1, -0.05) is 149 Å². The monoisotopic (exact) mass is 402 g/mol. The van der Waals surface area contributed by atoms with E-state index in [2.05, 4.69) is 13.8 Å². The molecule has 29 heavy (non-hydrogen) atoms. The van der Waals surface area contributed by atoms with Crippen molar-refractivity contribution in [1.29, 1.82) is 0 Å². The third kappa shape index (κ3) is 8.57. The molecule has 3 rings (SSSR count). The Kier molecular flexibility index (Phi) is 10.9. The van der Waals surface area contributed by atoms with Crippen LogP contribution < -0.4 is 0 Å². The predicted molar refractivity (Wildman–Crippen MR) is 129 cm³/mol. The van der Waals surface area contributed by atoms with Crippen LogP contribution in [0.3, 0.4) is 0 Å². The summed E-state index contributed by atoms with van der Waals surface area (Å²) in [6.45, 7) is 4.71. The first-order valence-electron chi connectivity index (χ1n) is 14.3. The molecule has 0 nitrogen and oxygen atoms in total. The maximum absolute atomic E-state index is 2.36. The lowest BCUT2D eigenvalue weighted by molar-refractivity contribution is 0.194. The fraction of sp³-hybridized carbons (Fsp3) is 1.00. The Hall–Kier alpha value is 0. The van der Waals surface area contributed by atoms with Crippen LogP contribution in [0.4, 0.5) is 0 Å². The first-order chi connectivity index (χ1) is 14.3. The fourth-order valence-electron chi connectivity index (χ4n) is 7.27. The van der Waals surface area contributed by atoms with Crippen LogP contribution in [-0.2, 0) is 0 Å². The largest absolute Gasteiger partial charge is 0.0654 e. The van der Waals surface area contributed by atoms with Crippen molar-refractivity contribution in [2.75, 3.05) is 0 Å². The van der Waals surface area contributed by atoms with Crippen LogP contribution in [0.25, 0.3) is 0 Å². The van der Waals surface area contributed by atoms with E-state index >= 15 is 0 Å². The van der Waals surface area contributed by atoms with E-state index in [-0.39, 0.29) is 0 Å². The molecule has 0 radical (unpaired) electrons. The Bertz CT molecular complexity index is 388. The second-order valence-electron chi connectivity index (χ2n) is 11.7. The summed E-state index contributed by atoms with van der Waals surface area (Å²) in [4.78, 5) is 0. The Morgan fingerprint density at radius 3 is 0.897 bits per heavy atom. The first kappa shape index (κ1) is 23.7. The van der Waals surface area contributed by atoms with E-state index in [9.17, 15) is 0 Å². The van der Waals surface area contributed by atoms with E-state index in [4.69, 9.17) is 0 Å². The molecule has 3 aliphatic carbocycles. The molecule has 0 saturated heterocycles. The molecular weight excluding hydrogens is 348 g/mol. The molecule has 0 heterocycles. The maximum atomic E-state index is 2.36. The molecule has 170 valence electrons. The summed E-state index contributed by atoms with van der Waals surface area (Å²) in [5, 5.41) is 0. The molecule has 3 aliphatic rings. The fourth-order valence-corrected chi connectivity index (χ4v) is 7.27. The van der Waals surface area contributed by atoms with Crippen molar-refractivity contribution in [3.05, 3.63) is 0 Å². The van der Waals surface area contributed by atoms with Gasteiger partial charge >= 0.3 is 0 Å². The first-order valence-corrected chi connectivity index (χ1v) is 14.3. The van der Waals surface area contributed by atoms with Crippen molar-refractivity contribution in [3.8, 4) is 0 Å². The smallest absolute Gasteiger partial charge is 0.0414 e. The summed E-state index contributed by atoms with van der Waals surface area (Å²) in [6.07, 6.45) is 32.3. The number of hydrogen-bond donors (Lipinski definition) is 0. The Morgan fingerprint density at radius 2 is 0.621 bits per heavy atom. The van der Waals surface area contributed by atoms with Gasteiger partial charge in [0.2, 0.25) is 0 Å². The van der Waals surface area contributed by atoms with Crippen molar-refractivity contribution in [1.82, 2.24) is 0 Å². The quantitative estimate of drug-likeness (QED) is 0.322. The second kappa shape index (κ2) is 13.4. The van der Waals surface area contributed by atoms with Gasteiger partial charge < -0.3 is 0 Å². The maximum Gasteiger partial charge on any atom is -0.0414 e. The van der Waals surface area contributed by atoms with Crippen LogP contribution >= 0.6 is 0 Å². The number of rotatable bonds is 11. The van der Waals surface area contributed by atoms with E-state index in [0.717, 1.165) is 35.5 Å². The van der Waals surface area contributed by atoms with Crippen LogP contribution in [-0.4, -0.2) is 0 Å². The summed E-state index contributed by atoms with van der Waals surface area (Å²) in [6, 6.07) is 0. The molecule has 0 atom stereocenters. The molecule has 0 N–H and O–H groups in total. The minimum Gasteiger partial charge on any atom is -0.0654 e. The SMILES string of the molecule is CCCCC1CCC(CCC2CCC(CCC3CCC(CCC)CC3)CC2)CC1. The van der Waals surface area contributed by atoms with Crippen molar-refractivity contribution in [3.63, 3.8) is 0 Å². The van der Waals surface area contributed by atoms with Gasteiger partial charge in [-0.15, -0.1) is 0 Å². The van der Waals surface area contributed by atoms with Gasteiger partial charge in [0.05, 0.1) is 0 Å². The van der Waals surface area contributed by atoms with Gasteiger partial charge in [-0.3, -0.25) is 0 Å². The molecule has 3 fully saturated rings. The summed E-state index contributed by atoms with van der Waals surface area (Å²) in [5.41, 5.74) is 0. The van der Waals surface area contributed by atoms with E-state index in [1.165, 1.54) is 32.1 Å². The van der Waals surface area contributed by atoms with Crippen LogP contribution in [0.2, 0.25) is 0 Å². The van der Waals surface area contributed by atoms with Gasteiger partial charge in [-0.25, -0.2) is 0 Å². The molecule has 0 bridgehead atoms. The van der Waals surface area contributed by atoms with Crippen molar-refractivity contribution in [2.24, 2.45) is 35.5 Å². The van der Waals surface area contributed by atoms with E-state index < -0.39 is 0 Å². The van der Waals surface area contributed by atoms with Gasteiger partial charge in [0.1, 0.15) is 0 Å². The summed E-state index contributed by atoms with van der Waals surface area (Å²) >= 11 is 0. The van der Waals surface area contributed by atoms with E-state index in [1.54, 1.807) is 103 Å². The Morgan fingerprint density at radius 1 is 0.345 bits per heavy atom. The highest BCUT2D eigenvalue weighted by Gasteiger charge is 2.26. The highest BCUT2D eigenvalue weighted by atomic mass is 14.3. The molecule has 3 saturated carbocycles. The molecule has 0 aliphatic heterocycles. The Labute approximate surface area is 184 Å². The minimum absolute atomic E-state index is 1.08. The average Bonchev–Trinajstić information content (AvgIpc) is 2.77. The lowest BCUT2D eigenvalue weighted by Gasteiger charge is -2.33. The lowest BCUT2D eigenvalue weighted by atomic mass is 9.73. The van der Waals surface area contributed by atoms with Gasteiger partial charge in [0.25, 0.3) is 0 Å². The van der Waals surface area contributed by atoms with Gasteiger partial charge in [-0.2, -0.15) is 0 Å². The third-order valence-electron chi connectivity index (χ3n) is 9.53. The number of hydrogen-bond acceptors (Lipinski definition) is 0. The average molecular weight is 403 g/mol. The molecule has 0 spiro atoms. The number of unbranched alkanes of at least 4 members (excludes halogenated alkanes) is 1. The highest BCUT2D eigenvalue weighted by Crippen LogP contribution is 2.40. The molecular formula is C29H54. The zero-order valence-electron chi connectivity index (χ0n) is 20.3. The van der Waals surface area contributed by atoms with Crippen LogP contribution in [0.15, 0.2) is 0 Å². The van der Waals surface area contributed by atoms with Crippen LogP contribution in [0.1, 0.15) is 149 Å². The lowest BCUT2D eigenvalue weighted by Crippen LogP contribution is -2.19. The summed E-state index contributed by atoms with van der Waals surface area (Å²) < 4.78 is 0. The van der Waals surface area contributed by atoms with Gasteiger partial charge in [0.15, 0.2) is 0 Å². The summed E-state index contributed by atoms with van der Waals surface area (Å²) in [7, 11) is 0. The molecule has 0 heteroatoms. The molecule has 0 aromatic rings. The zero-order valence-corrected chi connectivity index (χ0v) is 20.3. The van der Waals surface area contributed by atoms with Crippen LogP contribution in [0, 0.1) is 35.5 Å². The van der Waals surface area contributed by atoms with Crippen LogP contribution in [0.5, 0.6) is 0 Å². The van der Waals surface area contributed by atoms with Gasteiger partial charge in [0, 0.05) is 0 Å². The van der Waals surface area contributed by atoms with E-state index in [1.807, 2.05) is 0 Å². The minimum atomic E-state index is 1.08. The molecule has 0 amide bonds. The molecule has 0 aromatic heterocycles. The third-order valence-corrected chi connectivity index (χ3v) is 9.53. The molecule has 0 aromatic carbocycles.